The van der Waals surface area contributed by atoms with Crippen LogP contribution in [0.1, 0.15) is 26.2 Å². The summed E-state index contributed by atoms with van der Waals surface area (Å²) in [5, 5.41) is 3.64. The number of hydrogen-bond acceptors (Lipinski definition) is 2. The van der Waals surface area contributed by atoms with Crippen molar-refractivity contribution in [2.75, 3.05) is 18.0 Å². The fraction of sp³-hybridized carbons (Fsp3) is 0.600. The maximum Gasteiger partial charge on any atom is 0.160 e. The van der Waals surface area contributed by atoms with Crippen LogP contribution < -0.4 is 10.2 Å². The number of benzene rings is 1. The molecule has 2 fully saturated rings. The van der Waals surface area contributed by atoms with Gasteiger partial charge in [0.25, 0.3) is 0 Å². The highest BCUT2D eigenvalue weighted by Crippen LogP contribution is 2.27. The van der Waals surface area contributed by atoms with Gasteiger partial charge in [0.15, 0.2) is 11.6 Å². The standard InChI is InChI=1S/C15H20F2N2/c1-10-6-12(18-11-2-3-11)9-19(8-10)13-4-5-14(16)15(17)7-13/h4-5,7,10-12,18H,2-3,6,8-9H2,1H3. The predicted octanol–water partition coefficient (Wildman–Crippen LogP) is 2.93. The molecule has 1 aromatic rings. The third kappa shape index (κ3) is 3.06. The zero-order chi connectivity index (χ0) is 13.4. The minimum absolute atomic E-state index is 0.462. The van der Waals surface area contributed by atoms with E-state index in [1.165, 1.54) is 25.0 Å². The molecule has 0 radical (unpaired) electrons. The first-order valence-corrected chi connectivity index (χ1v) is 7.08. The minimum Gasteiger partial charge on any atom is -0.370 e. The van der Waals surface area contributed by atoms with Crippen LogP contribution in [0.2, 0.25) is 0 Å². The molecular formula is C15H20F2N2. The Labute approximate surface area is 112 Å². The zero-order valence-electron chi connectivity index (χ0n) is 11.2. The van der Waals surface area contributed by atoms with Gasteiger partial charge in [-0.25, -0.2) is 8.78 Å². The molecule has 2 nitrogen and oxygen atoms in total. The summed E-state index contributed by atoms with van der Waals surface area (Å²) in [6.45, 7) is 4.01. The first-order chi connectivity index (χ1) is 9.11. The summed E-state index contributed by atoms with van der Waals surface area (Å²) in [6, 6.07) is 5.34. The summed E-state index contributed by atoms with van der Waals surface area (Å²) in [5.41, 5.74) is 0.785. The molecule has 3 rings (SSSR count). The molecule has 104 valence electrons. The summed E-state index contributed by atoms with van der Waals surface area (Å²) >= 11 is 0. The van der Waals surface area contributed by atoms with Crippen LogP contribution in [0.5, 0.6) is 0 Å². The molecule has 1 N–H and O–H groups in total. The minimum atomic E-state index is -0.776. The number of halogens is 2. The van der Waals surface area contributed by atoms with Crippen LogP contribution in [0.4, 0.5) is 14.5 Å². The Morgan fingerprint density at radius 3 is 2.58 bits per heavy atom. The van der Waals surface area contributed by atoms with Crippen molar-refractivity contribution in [3.05, 3.63) is 29.8 Å². The highest BCUT2D eigenvalue weighted by atomic mass is 19.2. The molecule has 0 spiro atoms. The molecule has 1 saturated heterocycles. The lowest BCUT2D eigenvalue weighted by Gasteiger charge is -2.38. The van der Waals surface area contributed by atoms with Crippen molar-refractivity contribution in [2.45, 2.75) is 38.3 Å². The second-order valence-electron chi connectivity index (χ2n) is 5.98. The van der Waals surface area contributed by atoms with Crippen LogP contribution in [0.15, 0.2) is 18.2 Å². The Kier molecular flexibility index (Phi) is 3.44. The van der Waals surface area contributed by atoms with Crippen LogP contribution in [-0.2, 0) is 0 Å². The van der Waals surface area contributed by atoms with Gasteiger partial charge in [0.05, 0.1) is 0 Å². The highest BCUT2D eigenvalue weighted by molar-refractivity contribution is 5.47. The molecule has 19 heavy (non-hydrogen) atoms. The van der Waals surface area contributed by atoms with E-state index in [4.69, 9.17) is 0 Å². The summed E-state index contributed by atoms with van der Waals surface area (Å²) in [7, 11) is 0. The van der Waals surface area contributed by atoms with Gasteiger partial charge in [-0.1, -0.05) is 6.92 Å². The molecular weight excluding hydrogens is 246 g/mol. The van der Waals surface area contributed by atoms with E-state index in [-0.39, 0.29) is 0 Å². The third-order valence-electron chi connectivity index (χ3n) is 3.98. The van der Waals surface area contributed by atoms with Gasteiger partial charge in [-0.3, -0.25) is 0 Å². The molecule has 1 aromatic carbocycles. The van der Waals surface area contributed by atoms with Gasteiger partial charge in [0.1, 0.15) is 0 Å². The van der Waals surface area contributed by atoms with Crippen molar-refractivity contribution in [2.24, 2.45) is 5.92 Å². The van der Waals surface area contributed by atoms with Crippen LogP contribution in [0, 0.1) is 17.6 Å². The van der Waals surface area contributed by atoms with Crippen molar-refractivity contribution in [1.82, 2.24) is 5.32 Å². The molecule has 4 heteroatoms. The second-order valence-corrected chi connectivity index (χ2v) is 5.98. The van der Waals surface area contributed by atoms with Crippen LogP contribution in [-0.4, -0.2) is 25.2 Å². The second kappa shape index (κ2) is 5.08. The van der Waals surface area contributed by atoms with Gasteiger partial charge >= 0.3 is 0 Å². The Hall–Kier alpha value is -1.16. The lowest BCUT2D eigenvalue weighted by molar-refractivity contribution is 0.349. The van der Waals surface area contributed by atoms with E-state index in [1.54, 1.807) is 6.07 Å². The topological polar surface area (TPSA) is 15.3 Å². The molecule has 2 unspecified atom stereocenters. The van der Waals surface area contributed by atoms with E-state index < -0.39 is 11.6 Å². The van der Waals surface area contributed by atoms with Gasteiger partial charge < -0.3 is 10.2 Å². The molecule has 0 amide bonds. The molecule has 0 bridgehead atoms. The number of anilines is 1. The molecule has 1 heterocycles. The molecule has 2 aliphatic rings. The Bertz CT molecular complexity index is 457. The van der Waals surface area contributed by atoms with Crippen molar-refractivity contribution >= 4 is 5.69 Å². The van der Waals surface area contributed by atoms with Gasteiger partial charge in [0, 0.05) is 36.9 Å². The van der Waals surface area contributed by atoms with Crippen molar-refractivity contribution in [3.8, 4) is 0 Å². The van der Waals surface area contributed by atoms with Gasteiger partial charge in [-0.2, -0.15) is 0 Å². The zero-order valence-corrected chi connectivity index (χ0v) is 11.2. The maximum atomic E-state index is 13.3. The quantitative estimate of drug-likeness (QED) is 0.905. The monoisotopic (exact) mass is 266 g/mol. The molecule has 1 saturated carbocycles. The highest BCUT2D eigenvalue weighted by Gasteiger charge is 2.30. The smallest absolute Gasteiger partial charge is 0.160 e. The van der Waals surface area contributed by atoms with E-state index >= 15 is 0 Å². The first-order valence-electron chi connectivity index (χ1n) is 7.08. The first kappa shape index (κ1) is 12.9. The Morgan fingerprint density at radius 1 is 1.11 bits per heavy atom. The molecule has 0 aromatic heterocycles. The molecule has 2 atom stereocenters. The number of piperidine rings is 1. The lowest BCUT2D eigenvalue weighted by Crippen LogP contribution is -2.49. The predicted molar refractivity (Wildman–Crippen MR) is 72.3 cm³/mol. The SMILES string of the molecule is CC1CC(NC2CC2)CN(c2ccc(F)c(F)c2)C1. The van der Waals surface area contributed by atoms with E-state index in [0.29, 0.717) is 18.0 Å². The van der Waals surface area contributed by atoms with Gasteiger partial charge in [-0.05, 0) is 37.3 Å². The van der Waals surface area contributed by atoms with E-state index in [0.717, 1.165) is 25.2 Å². The summed E-state index contributed by atoms with van der Waals surface area (Å²) in [4.78, 5) is 2.16. The lowest BCUT2D eigenvalue weighted by atomic mass is 9.95. The van der Waals surface area contributed by atoms with Crippen molar-refractivity contribution in [1.29, 1.82) is 0 Å². The molecule has 1 aliphatic carbocycles. The number of hydrogen-bond donors (Lipinski definition) is 1. The average Bonchev–Trinajstić information content (AvgIpc) is 3.16. The number of rotatable bonds is 3. The van der Waals surface area contributed by atoms with E-state index in [1.807, 2.05) is 0 Å². The van der Waals surface area contributed by atoms with E-state index in [2.05, 4.69) is 17.1 Å². The van der Waals surface area contributed by atoms with Crippen molar-refractivity contribution in [3.63, 3.8) is 0 Å². The van der Waals surface area contributed by atoms with Gasteiger partial charge in [-0.15, -0.1) is 0 Å². The largest absolute Gasteiger partial charge is 0.370 e. The maximum absolute atomic E-state index is 13.3. The number of nitrogens with zero attached hydrogens (tertiary/aromatic N) is 1. The van der Waals surface area contributed by atoms with Crippen LogP contribution in [0.3, 0.4) is 0 Å². The summed E-state index contributed by atoms with van der Waals surface area (Å²) in [6.07, 6.45) is 3.71. The summed E-state index contributed by atoms with van der Waals surface area (Å²) in [5.74, 6) is -0.970. The normalized spacial score (nSPS) is 27.6. The summed E-state index contributed by atoms with van der Waals surface area (Å²) < 4.78 is 26.3. The fourth-order valence-electron chi connectivity index (χ4n) is 2.95. The van der Waals surface area contributed by atoms with Crippen LogP contribution >= 0.6 is 0 Å². The Balaban J connectivity index is 1.72. The van der Waals surface area contributed by atoms with Crippen molar-refractivity contribution < 1.29 is 8.78 Å². The fourth-order valence-corrected chi connectivity index (χ4v) is 2.95. The third-order valence-corrected chi connectivity index (χ3v) is 3.98. The number of nitrogens with one attached hydrogen (secondary N) is 1. The molecule has 1 aliphatic heterocycles. The average molecular weight is 266 g/mol. The van der Waals surface area contributed by atoms with Gasteiger partial charge in [0.2, 0.25) is 0 Å². The Morgan fingerprint density at radius 2 is 1.89 bits per heavy atom. The van der Waals surface area contributed by atoms with E-state index in [9.17, 15) is 8.78 Å². The van der Waals surface area contributed by atoms with Crippen LogP contribution in [0.25, 0.3) is 0 Å².